The molecule has 1 atom stereocenters. The summed E-state index contributed by atoms with van der Waals surface area (Å²) in [6, 6.07) is 4.40. The second-order valence-electron chi connectivity index (χ2n) is 6.81. The molecule has 1 unspecified atom stereocenters. The molecule has 0 aliphatic carbocycles. The van der Waals surface area contributed by atoms with Crippen molar-refractivity contribution in [2.45, 2.75) is 39.3 Å². The molecule has 1 saturated heterocycles. The van der Waals surface area contributed by atoms with Gasteiger partial charge in [0.25, 0.3) is 0 Å². The molecule has 1 aliphatic rings. The fourth-order valence-electron chi connectivity index (χ4n) is 3.62. The maximum absolute atomic E-state index is 5.54. The molecule has 2 rings (SSSR count). The lowest BCUT2D eigenvalue weighted by atomic mass is 9.92. The Morgan fingerprint density at radius 2 is 2.04 bits per heavy atom. The lowest BCUT2D eigenvalue weighted by Gasteiger charge is -2.39. The second-order valence-corrected chi connectivity index (χ2v) is 6.81. The van der Waals surface area contributed by atoms with Gasteiger partial charge in [0.1, 0.15) is 0 Å². The first-order valence-corrected chi connectivity index (χ1v) is 9.97. The van der Waals surface area contributed by atoms with E-state index in [-0.39, 0.29) is 0 Å². The molecule has 0 amide bonds. The third-order valence-corrected chi connectivity index (χ3v) is 5.28. The Kier molecular flexibility index (Phi) is 9.35. The van der Waals surface area contributed by atoms with Gasteiger partial charge in [-0.15, -0.1) is 0 Å². The number of hydrogen-bond acceptors (Lipinski definition) is 5. The smallest absolute Gasteiger partial charge is 0.213 e. The highest BCUT2D eigenvalue weighted by Gasteiger charge is 2.26. The maximum Gasteiger partial charge on any atom is 0.213 e. The Labute approximate surface area is 163 Å². The number of morpholine rings is 1. The molecule has 1 aliphatic heterocycles. The van der Waals surface area contributed by atoms with Gasteiger partial charge in [-0.25, -0.2) is 4.98 Å². The molecule has 152 valence electrons. The van der Waals surface area contributed by atoms with Crippen molar-refractivity contribution in [3.63, 3.8) is 0 Å². The summed E-state index contributed by atoms with van der Waals surface area (Å²) in [5.41, 5.74) is 1.11. The molecule has 7 nitrogen and oxygen atoms in total. The van der Waals surface area contributed by atoms with E-state index in [0.717, 1.165) is 44.4 Å². The Morgan fingerprint density at radius 3 is 2.67 bits per heavy atom. The molecule has 1 aromatic heterocycles. The average molecular weight is 378 g/mol. The number of methoxy groups -OCH3 is 1. The van der Waals surface area contributed by atoms with Gasteiger partial charge in [-0.2, -0.15) is 0 Å². The molecular weight excluding hydrogens is 342 g/mol. The van der Waals surface area contributed by atoms with Crippen LogP contribution in [0.3, 0.4) is 0 Å². The highest BCUT2D eigenvalue weighted by Crippen LogP contribution is 2.19. The molecule has 0 saturated carbocycles. The molecule has 27 heavy (non-hydrogen) atoms. The SMILES string of the molecule is CCC(CC)C(CNC(=NC)NCc1ccnc(OC)c1)N1CCOCC1. The fraction of sp³-hybridized carbons (Fsp3) is 0.700. The number of nitrogens with zero attached hydrogens (tertiary/aromatic N) is 3. The Bertz CT molecular complexity index is 571. The molecule has 2 heterocycles. The van der Waals surface area contributed by atoms with E-state index in [0.29, 0.717) is 24.4 Å². The lowest BCUT2D eigenvalue weighted by Crippen LogP contribution is -2.53. The van der Waals surface area contributed by atoms with Crippen LogP contribution in [-0.2, 0) is 11.3 Å². The third kappa shape index (κ3) is 6.66. The Hall–Kier alpha value is -1.86. The summed E-state index contributed by atoms with van der Waals surface area (Å²) in [4.78, 5) is 11.1. The quantitative estimate of drug-likeness (QED) is 0.506. The molecule has 0 spiro atoms. The normalized spacial score (nSPS) is 17.0. The van der Waals surface area contributed by atoms with E-state index < -0.39 is 0 Å². The van der Waals surface area contributed by atoms with Crippen LogP contribution in [0.25, 0.3) is 0 Å². The Morgan fingerprint density at radius 1 is 1.30 bits per heavy atom. The van der Waals surface area contributed by atoms with Crippen molar-refractivity contribution in [2.75, 3.05) is 47.0 Å². The minimum Gasteiger partial charge on any atom is -0.481 e. The van der Waals surface area contributed by atoms with E-state index in [1.807, 2.05) is 19.2 Å². The zero-order chi connectivity index (χ0) is 19.5. The predicted molar refractivity (Wildman–Crippen MR) is 109 cm³/mol. The molecule has 1 aromatic rings. The molecular formula is C20H35N5O2. The van der Waals surface area contributed by atoms with E-state index in [1.54, 1.807) is 13.3 Å². The van der Waals surface area contributed by atoms with Gasteiger partial charge in [0, 0.05) is 51.5 Å². The van der Waals surface area contributed by atoms with E-state index >= 15 is 0 Å². The van der Waals surface area contributed by atoms with Gasteiger partial charge in [0.15, 0.2) is 5.96 Å². The van der Waals surface area contributed by atoms with Crippen LogP contribution in [0, 0.1) is 5.92 Å². The average Bonchev–Trinajstić information content (AvgIpc) is 2.73. The first kappa shape index (κ1) is 21.4. The van der Waals surface area contributed by atoms with Gasteiger partial charge in [0.05, 0.1) is 20.3 Å². The van der Waals surface area contributed by atoms with Crippen LogP contribution < -0.4 is 15.4 Å². The fourth-order valence-corrected chi connectivity index (χ4v) is 3.62. The number of aliphatic imine (C=N–C) groups is 1. The van der Waals surface area contributed by atoms with Crippen molar-refractivity contribution >= 4 is 5.96 Å². The number of ether oxygens (including phenoxy) is 2. The molecule has 2 N–H and O–H groups in total. The standard InChI is InChI=1S/C20H35N5O2/c1-5-17(6-2)18(25-9-11-27-12-10-25)15-24-20(21-3)23-14-16-7-8-22-19(13-16)26-4/h7-8,13,17-18H,5-6,9-12,14-15H2,1-4H3,(H2,21,23,24). The minimum absolute atomic E-state index is 0.489. The molecule has 0 aromatic carbocycles. The monoisotopic (exact) mass is 377 g/mol. The molecule has 0 bridgehead atoms. The van der Waals surface area contributed by atoms with E-state index in [2.05, 4.69) is 39.4 Å². The zero-order valence-corrected chi connectivity index (χ0v) is 17.2. The van der Waals surface area contributed by atoms with Crippen molar-refractivity contribution in [1.29, 1.82) is 0 Å². The van der Waals surface area contributed by atoms with Gasteiger partial charge in [-0.1, -0.05) is 26.7 Å². The number of guanidine groups is 1. The number of nitrogens with one attached hydrogen (secondary N) is 2. The highest BCUT2D eigenvalue weighted by molar-refractivity contribution is 5.79. The summed E-state index contributed by atoms with van der Waals surface area (Å²) in [6.45, 7) is 9.78. The summed E-state index contributed by atoms with van der Waals surface area (Å²) >= 11 is 0. The van der Waals surface area contributed by atoms with Crippen LogP contribution in [0.2, 0.25) is 0 Å². The first-order chi connectivity index (χ1) is 13.2. The molecule has 0 radical (unpaired) electrons. The van der Waals surface area contributed by atoms with Gasteiger partial charge in [-0.3, -0.25) is 9.89 Å². The highest BCUT2D eigenvalue weighted by atomic mass is 16.5. The summed E-state index contributed by atoms with van der Waals surface area (Å²) < 4.78 is 10.7. The van der Waals surface area contributed by atoms with Gasteiger partial charge in [-0.05, 0) is 17.5 Å². The first-order valence-electron chi connectivity index (χ1n) is 9.97. The summed E-state index contributed by atoms with van der Waals surface area (Å²) in [5, 5.41) is 6.91. The van der Waals surface area contributed by atoms with Crippen molar-refractivity contribution < 1.29 is 9.47 Å². The number of hydrogen-bond donors (Lipinski definition) is 2. The largest absolute Gasteiger partial charge is 0.481 e. The van der Waals surface area contributed by atoms with Gasteiger partial charge < -0.3 is 20.1 Å². The molecule has 1 fully saturated rings. The van der Waals surface area contributed by atoms with Crippen molar-refractivity contribution in [2.24, 2.45) is 10.9 Å². The van der Waals surface area contributed by atoms with Crippen LogP contribution in [0.4, 0.5) is 0 Å². The summed E-state index contributed by atoms with van der Waals surface area (Å²) in [6.07, 6.45) is 4.12. The van der Waals surface area contributed by atoms with Crippen LogP contribution in [0.5, 0.6) is 5.88 Å². The lowest BCUT2D eigenvalue weighted by molar-refractivity contribution is 0.00272. The van der Waals surface area contributed by atoms with Crippen LogP contribution in [-0.4, -0.2) is 68.9 Å². The molecule has 7 heteroatoms. The van der Waals surface area contributed by atoms with E-state index in [4.69, 9.17) is 9.47 Å². The van der Waals surface area contributed by atoms with Gasteiger partial charge in [0.2, 0.25) is 5.88 Å². The van der Waals surface area contributed by atoms with Crippen LogP contribution in [0.1, 0.15) is 32.3 Å². The van der Waals surface area contributed by atoms with Crippen molar-refractivity contribution in [3.05, 3.63) is 23.9 Å². The number of aromatic nitrogens is 1. The minimum atomic E-state index is 0.489. The van der Waals surface area contributed by atoms with Gasteiger partial charge >= 0.3 is 0 Å². The number of rotatable bonds is 9. The van der Waals surface area contributed by atoms with E-state index in [1.165, 1.54) is 12.8 Å². The predicted octanol–water partition coefficient (Wildman–Crippen LogP) is 1.89. The summed E-state index contributed by atoms with van der Waals surface area (Å²) in [7, 11) is 3.44. The summed E-state index contributed by atoms with van der Waals surface area (Å²) in [5.74, 6) is 2.10. The van der Waals surface area contributed by atoms with Crippen LogP contribution >= 0.6 is 0 Å². The zero-order valence-electron chi connectivity index (χ0n) is 17.2. The van der Waals surface area contributed by atoms with Crippen LogP contribution in [0.15, 0.2) is 23.3 Å². The second kappa shape index (κ2) is 11.8. The van der Waals surface area contributed by atoms with E-state index in [9.17, 15) is 0 Å². The topological polar surface area (TPSA) is 71.0 Å². The number of pyridine rings is 1. The third-order valence-electron chi connectivity index (χ3n) is 5.28. The maximum atomic E-state index is 5.54. The van der Waals surface area contributed by atoms with Crippen molar-refractivity contribution in [1.82, 2.24) is 20.5 Å². The Balaban J connectivity index is 1.92. The van der Waals surface area contributed by atoms with Crippen molar-refractivity contribution in [3.8, 4) is 5.88 Å².